The first-order chi connectivity index (χ1) is 7.58. The van der Waals surface area contributed by atoms with E-state index in [2.05, 4.69) is 64.2 Å². The summed E-state index contributed by atoms with van der Waals surface area (Å²) >= 11 is 1.58. The van der Waals surface area contributed by atoms with E-state index in [-0.39, 0.29) is 39.7 Å². The second-order valence-electron chi connectivity index (χ2n) is 3.95. The van der Waals surface area contributed by atoms with Gasteiger partial charge in [0.15, 0.2) is 0 Å². The Morgan fingerprint density at radius 3 is 1.15 bits per heavy atom. The number of halogens is 2. The molecule has 0 fully saturated rings. The zero-order chi connectivity index (χ0) is 12.6. The summed E-state index contributed by atoms with van der Waals surface area (Å²) in [6.45, 7) is 10.4. The Balaban J connectivity index is -0.0000000566. The Morgan fingerprint density at radius 1 is 0.850 bits per heavy atom. The van der Waals surface area contributed by atoms with Crippen LogP contribution in [0.4, 0.5) is 0 Å². The summed E-state index contributed by atoms with van der Waals surface area (Å²) in [5, 5.41) is 0. The average Bonchev–Trinajstić information content (AvgIpc) is 2.80. The van der Waals surface area contributed by atoms with Crippen LogP contribution in [0.2, 0.25) is 0 Å². The molecule has 0 spiro atoms. The van der Waals surface area contributed by atoms with E-state index in [1.54, 1.807) is 23.3 Å². The minimum atomic E-state index is 0. The molecular formula is C16H28Cl2SiZr-4. The molecule has 0 N–H and O–H groups in total. The molecule has 2 rings (SSSR count). The van der Waals surface area contributed by atoms with Gasteiger partial charge in [-0.1, -0.05) is 39.5 Å². The zero-order valence-electron chi connectivity index (χ0n) is 13.5. The van der Waals surface area contributed by atoms with Crippen molar-refractivity contribution in [2.75, 3.05) is 0 Å². The van der Waals surface area contributed by atoms with Gasteiger partial charge < -0.3 is 14.9 Å². The molecule has 0 aromatic heterocycles. The summed E-state index contributed by atoms with van der Waals surface area (Å²) in [6.07, 6.45) is 14.9. The van der Waals surface area contributed by atoms with Crippen LogP contribution < -0.4 is 0 Å². The molecule has 118 valence electrons. The molecule has 0 amide bonds. The zero-order valence-corrected chi connectivity index (χ0v) is 19.0. The summed E-state index contributed by atoms with van der Waals surface area (Å²) in [5.74, 6) is 1.11. The van der Waals surface area contributed by atoms with Gasteiger partial charge in [-0.2, -0.15) is 12.2 Å². The Bertz CT molecular complexity index is 301. The third kappa shape index (κ3) is 16.7. The predicted molar refractivity (Wildman–Crippen MR) is 97.3 cm³/mol. The van der Waals surface area contributed by atoms with Crippen LogP contribution in [0, 0.1) is 38.8 Å². The molecule has 2 unspecified atom stereocenters. The first-order valence-electron chi connectivity index (χ1n) is 5.50. The van der Waals surface area contributed by atoms with E-state index in [4.69, 9.17) is 0 Å². The van der Waals surface area contributed by atoms with Crippen molar-refractivity contribution in [1.82, 2.24) is 0 Å². The van der Waals surface area contributed by atoms with Crippen LogP contribution in [0.3, 0.4) is 0 Å². The van der Waals surface area contributed by atoms with Gasteiger partial charge in [-0.25, -0.2) is 23.3 Å². The summed E-state index contributed by atoms with van der Waals surface area (Å²) in [4.78, 5) is 0. The van der Waals surface area contributed by atoms with Crippen molar-refractivity contribution in [2.24, 2.45) is 11.8 Å². The average molecular weight is 411 g/mol. The van der Waals surface area contributed by atoms with Gasteiger partial charge in [0.1, 0.15) is 0 Å². The fourth-order valence-electron chi connectivity index (χ4n) is 1.49. The Hall–Kier alpha value is 0.640. The minimum absolute atomic E-state index is 0. The third-order valence-electron chi connectivity index (χ3n) is 2.18. The van der Waals surface area contributed by atoms with E-state index < -0.39 is 0 Å². The van der Waals surface area contributed by atoms with Gasteiger partial charge in [-0.3, -0.25) is 12.2 Å². The molecule has 4 heteroatoms. The molecule has 2 aliphatic rings. The van der Waals surface area contributed by atoms with Gasteiger partial charge in [-0.05, 0) is 0 Å². The van der Waals surface area contributed by atoms with Gasteiger partial charge >= 0.3 is 30.2 Å². The standard InChI is InChI=1S/2C7H9.2CH3.2ClH.H2Si.Zr/c2*1-6-3-4-7(2)5-6;;;;;;/h2*3-4,6H,1-2H3;2*1H3;2*1H;1H2;/q4*-1;;;;. The van der Waals surface area contributed by atoms with Crippen molar-refractivity contribution in [1.29, 1.82) is 0 Å². The second-order valence-corrected chi connectivity index (χ2v) is 3.95. The van der Waals surface area contributed by atoms with Crippen LogP contribution in [-0.4, -0.2) is 6.88 Å². The van der Waals surface area contributed by atoms with Crippen molar-refractivity contribution in [3.8, 4) is 0 Å². The summed E-state index contributed by atoms with van der Waals surface area (Å²) in [7, 11) is 0. The first kappa shape index (κ1) is 32.5. The van der Waals surface area contributed by atoms with Crippen molar-refractivity contribution in [3.05, 3.63) is 62.5 Å². The maximum atomic E-state index is 3.22. The Kier molecular flexibility index (Phi) is 32.0. The van der Waals surface area contributed by atoms with E-state index >= 15 is 0 Å². The molecular weight excluding hydrogens is 382 g/mol. The van der Waals surface area contributed by atoms with Gasteiger partial charge in [0.05, 0.1) is 0 Å². The van der Waals surface area contributed by atoms with E-state index in [0.717, 1.165) is 0 Å². The molecule has 0 saturated heterocycles. The topological polar surface area (TPSA) is 0 Å². The third-order valence-corrected chi connectivity index (χ3v) is 2.18. The summed E-state index contributed by atoms with van der Waals surface area (Å²) < 4.78 is 0. The quantitative estimate of drug-likeness (QED) is 0.401. The number of hydrogen-bond donors (Lipinski definition) is 0. The molecule has 2 aliphatic carbocycles. The van der Waals surface area contributed by atoms with Gasteiger partial charge in [0.2, 0.25) is 0 Å². The molecule has 0 aromatic carbocycles. The molecule has 0 saturated carbocycles. The van der Waals surface area contributed by atoms with Crippen LogP contribution in [0.5, 0.6) is 0 Å². The van der Waals surface area contributed by atoms with Gasteiger partial charge in [0, 0.05) is 0 Å². The molecule has 0 nitrogen and oxygen atoms in total. The summed E-state index contributed by atoms with van der Waals surface area (Å²) in [6, 6.07) is 0. The first-order valence-corrected chi connectivity index (χ1v) is 11.4. The fraction of sp³-hybridized carbons (Fsp3) is 0.375. The number of rotatable bonds is 0. The van der Waals surface area contributed by atoms with E-state index in [9.17, 15) is 0 Å². The Morgan fingerprint density at radius 2 is 1.10 bits per heavy atom. The van der Waals surface area contributed by atoms with Gasteiger partial charge in [0.25, 0.3) is 0 Å². The monoisotopic (exact) mass is 408 g/mol. The predicted octanol–water partition coefficient (Wildman–Crippen LogP) is 4.71. The van der Waals surface area contributed by atoms with Crippen molar-refractivity contribution >= 4 is 31.7 Å². The van der Waals surface area contributed by atoms with Crippen molar-refractivity contribution in [2.45, 2.75) is 27.7 Å². The molecule has 0 bridgehead atoms. The van der Waals surface area contributed by atoms with E-state index in [0.29, 0.717) is 11.8 Å². The Labute approximate surface area is 156 Å². The van der Waals surface area contributed by atoms with Crippen molar-refractivity contribution in [3.63, 3.8) is 0 Å². The fourth-order valence-corrected chi connectivity index (χ4v) is 1.49. The molecule has 0 radical (unpaired) electrons. The summed E-state index contributed by atoms with van der Waals surface area (Å²) in [5.41, 5.74) is 2.54. The SMILES string of the molecule is CC1=[C-]C(C)C=C1.CC1=[C-]C(C)C=C1.Cl.Cl.[CH3-].[CH3-].[SiH2]=[Zr]. The molecule has 20 heavy (non-hydrogen) atoms. The van der Waals surface area contributed by atoms with Gasteiger partial charge in [-0.15, -0.1) is 24.8 Å². The van der Waals surface area contributed by atoms with Crippen LogP contribution >= 0.6 is 24.8 Å². The van der Waals surface area contributed by atoms with Crippen LogP contribution in [0.15, 0.2) is 35.5 Å². The van der Waals surface area contributed by atoms with Crippen LogP contribution in [0.25, 0.3) is 0 Å². The maximum absolute atomic E-state index is 3.22. The number of hydrogen-bond acceptors (Lipinski definition) is 0. The molecule has 0 aromatic rings. The molecule has 0 aliphatic heterocycles. The van der Waals surface area contributed by atoms with Crippen molar-refractivity contribution < 1.29 is 23.3 Å². The van der Waals surface area contributed by atoms with Crippen LogP contribution in [0.1, 0.15) is 27.7 Å². The van der Waals surface area contributed by atoms with E-state index in [1.165, 1.54) is 11.1 Å². The second kappa shape index (κ2) is 19.6. The number of allylic oxidation sites excluding steroid dienone is 8. The van der Waals surface area contributed by atoms with E-state index in [1.807, 2.05) is 6.88 Å². The molecule has 2 atom stereocenters. The molecule has 0 heterocycles. The van der Waals surface area contributed by atoms with Crippen LogP contribution in [-0.2, 0) is 23.3 Å². The normalized spacial score (nSPS) is 19.9.